The molecule has 0 saturated carbocycles. The van der Waals surface area contributed by atoms with Crippen LogP contribution in [-0.2, 0) is 0 Å². The standard InChI is InChI=1S/C16H12ClN3O/c17-15-7-2-1-6-14(15)11-4-3-5-13(8-11)20-10-12(9-19-20)16(18)21/h1-10H,(H2,18,21). The first kappa shape index (κ1) is 13.4. The SMILES string of the molecule is NC(=O)c1cnn(-c2cccc(-c3ccccc3Cl)c2)c1. The van der Waals surface area contributed by atoms with Crippen molar-refractivity contribution < 1.29 is 4.79 Å². The lowest BCUT2D eigenvalue weighted by atomic mass is 10.1. The molecule has 0 aliphatic carbocycles. The molecular weight excluding hydrogens is 286 g/mol. The van der Waals surface area contributed by atoms with Crippen LogP contribution in [0.25, 0.3) is 16.8 Å². The molecular formula is C16H12ClN3O. The molecule has 4 nitrogen and oxygen atoms in total. The third-order valence-corrected chi connectivity index (χ3v) is 3.49. The zero-order chi connectivity index (χ0) is 14.8. The average Bonchev–Trinajstić information content (AvgIpc) is 2.98. The molecule has 21 heavy (non-hydrogen) atoms. The lowest BCUT2D eigenvalue weighted by molar-refractivity contribution is 0.100. The molecule has 2 N–H and O–H groups in total. The van der Waals surface area contributed by atoms with Crippen LogP contribution in [0.3, 0.4) is 0 Å². The highest BCUT2D eigenvalue weighted by Crippen LogP contribution is 2.28. The Morgan fingerprint density at radius 2 is 1.95 bits per heavy atom. The van der Waals surface area contributed by atoms with Gasteiger partial charge in [-0.05, 0) is 23.8 Å². The van der Waals surface area contributed by atoms with Gasteiger partial charge in [0.15, 0.2) is 0 Å². The number of benzene rings is 2. The normalized spacial score (nSPS) is 10.5. The number of carbonyl (C=O) groups excluding carboxylic acids is 1. The van der Waals surface area contributed by atoms with Crippen LogP contribution in [0, 0.1) is 0 Å². The zero-order valence-electron chi connectivity index (χ0n) is 11.0. The summed E-state index contributed by atoms with van der Waals surface area (Å²) in [6, 6.07) is 15.4. The van der Waals surface area contributed by atoms with Crippen molar-refractivity contribution in [1.82, 2.24) is 9.78 Å². The Hall–Kier alpha value is -2.59. The van der Waals surface area contributed by atoms with E-state index in [-0.39, 0.29) is 0 Å². The fraction of sp³-hybridized carbons (Fsp3) is 0. The third-order valence-electron chi connectivity index (χ3n) is 3.16. The van der Waals surface area contributed by atoms with Gasteiger partial charge in [0, 0.05) is 16.8 Å². The van der Waals surface area contributed by atoms with Crippen LogP contribution in [0.15, 0.2) is 60.9 Å². The highest BCUT2D eigenvalue weighted by molar-refractivity contribution is 6.33. The Balaban J connectivity index is 2.04. The molecule has 0 aliphatic heterocycles. The first-order valence-electron chi connectivity index (χ1n) is 6.35. The number of halogens is 1. The van der Waals surface area contributed by atoms with Gasteiger partial charge in [0.1, 0.15) is 0 Å². The van der Waals surface area contributed by atoms with Gasteiger partial charge in [-0.25, -0.2) is 4.68 Å². The van der Waals surface area contributed by atoms with E-state index in [0.29, 0.717) is 10.6 Å². The van der Waals surface area contributed by atoms with Crippen molar-refractivity contribution in [1.29, 1.82) is 0 Å². The van der Waals surface area contributed by atoms with E-state index in [2.05, 4.69) is 5.10 Å². The van der Waals surface area contributed by atoms with Crippen LogP contribution in [0.2, 0.25) is 5.02 Å². The van der Waals surface area contributed by atoms with E-state index < -0.39 is 5.91 Å². The summed E-state index contributed by atoms with van der Waals surface area (Å²) in [5.74, 6) is -0.497. The van der Waals surface area contributed by atoms with E-state index in [1.54, 1.807) is 10.9 Å². The van der Waals surface area contributed by atoms with Gasteiger partial charge in [0.05, 0.1) is 17.4 Å². The van der Waals surface area contributed by atoms with Crippen molar-refractivity contribution in [2.24, 2.45) is 5.73 Å². The van der Waals surface area contributed by atoms with Crippen LogP contribution in [0.1, 0.15) is 10.4 Å². The molecule has 0 atom stereocenters. The summed E-state index contributed by atoms with van der Waals surface area (Å²) in [5, 5.41) is 4.84. The minimum atomic E-state index is -0.497. The molecule has 3 aromatic rings. The summed E-state index contributed by atoms with van der Waals surface area (Å²) in [6.45, 7) is 0. The highest BCUT2D eigenvalue weighted by atomic mass is 35.5. The van der Waals surface area contributed by atoms with Gasteiger partial charge in [0.2, 0.25) is 0 Å². The second kappa shape index (κ2) is 5.42. The number of aromatic nitrogens is 2. The molecule has 0 bridgehead atoms. The largest absolute Gasteiger partial charge is 0.366 e. The molecule has 0 fully saturated rings. The third kappa shape index (κ3) is 2.66. The van der Waals surface area contributed by atoms with Crippen LogP contribution >= 0.6 is 11.6 Å². The number of rotatable bonds is 3. The molecule has 0 radical (unpaired) electrons. The lowest BCUT2D eigenvalue weighted by Crippen LogP contribution is -2.09. The Morgan fingerprint density at radius 1 is 1.14 bits per heavy atom. The minimum absolute atomic E-state index is 0.373. The van der Waals surface area contributed by atoms with Gasteiger partial charge in [-0.1, -0.05) is 41.9 Å². The molecule has 0 saturated heterocycles. The van der Waals surface area contributed by atoms with Crippen LogP contribution < -0.4 is 5.73 Å². The molecule has 3 rings (SSSR count). The van der Waals surface area contributed by atoms with Gasteiger partial charge < -0.3 is 5.73 Å². The number of nitrogens with two attached hydrogens (primary N) is 1. The Labute approximate surface area is 126 Å². The molecule has 2 aromatic carbocycles. The molecule has 1 heterocycles. The zero-order valence-corrected chi connectivity index (χ0v) is 11.8. The number of hydrogen-bond acceptors (Lipinski definition) is 2. The molecule has 1 amide bonds. The summed E-state index contributed by atoms with van der Waals surface area (Å²) in [6.07, 6.45) is 3.05. The van der Waals surface area contributed by atoms with E-state index >= 15 is 0 Å². The smallest absolute Gasteiger partial charge is 0.251 e. The fourth-order valence-corrected chi connectivity index (χ4v) is 2.35. The van der Waals surface area contributed by atoms with Crippen molar-refractivity contribution in [2.45, 2.75) is 0 Å². The Kier molecular flexibility index (Phi) is 3.46. The molecule has 104 valence electrons. The average molecular weight is 298 g/mol. The number of nitrogens with zero attached hydrogens (tertiary/aromatic N) is 2. The maximum atomic E-state index is 11.1. The quantitative estimate of drug-likeness (QED) is 0.806. The monoisotopic (exact) mass is 297 g/mol. The van der Waals surface area contributed by atoms with Crippen LogP contribution in [0.4, 0.5) is 0 Å². The first-order chi connectivity index (χ1) is 10.1. The van der Waals surface area contributed by atoms with Crippen LogP contribution in [-0.4, -0.2) is 15.7 Å². The summed E-state index contributed by atoms with van der Waals surface area (Å²) in [7, 11) is 0. The topological polar surface area (TPSA) is 60.9 Å². The molecule has 0 aliphatic rings. The number of hydrogen-bond donors (Lipinski definition) is 1. The van der Waals surface area contributed by atoms with E-state index in [0.717, 1.165) is 16.8 Å². The minimum Gasteiger partial charge on any atom is -0.366 e. The summed E-state index contributed by atoms with van der Waals surface area (Å²) in [5.41, 5.74) is 8.37. The summed E-state index contributed by atoms with van der Waals surface area (Å²) in [4.78, 5) is 11.1. The summed E-state index contributed by atoms with van der Waals surface area (Å²) < 4.78 is 1.61. The number of amides is 1. The van der Waals surface area contributed by atoms with E-state index in [1.807, 2.05) is 48.5 Å². The second-order valence-electron chi connectivity index (χ2n) is 4.57. The summed E-state index contributed by atoms with van der Waals surface area (Å²) >= 11 is 6.22. The van der Waals surface area contributed by atoms with Gasteiger partial charge >= 0.3 is 0 Å². The van der Waals surface area contributed by atoms with Crippen molar-refractivity contribution in [3.8, 4) is 16.8 Å². The van der Waals surface area contributed by atoms with Crippen molar-refractivity contribution >= 4 is 17.5 Å². The molecule has 0 spiro atoms. The first-order valence-corrected chi connectivity index (χ1v) is 6.73. The van der Waals surface area contributed by atoms with Gasteiger partial charge in [-0.2, -0.15) is 5.10 Å². The maximum absolute atomic E-state index is 11.1. The fourth-order valence-electron chi connectivity index (χ4n) is 2.10. The number of carbonyl (C=O) groups is 1. The van der Waals surface area contributed by atoms with Gasteiger partial charge in [-0.3, -0.25) is 4.79 Å². The van der Waals surface area contributed by atoms with Crippen molar-refractivity contribution in [3.63, 3.8) is 0 Å². The highest BCUT2D eigenvalue weighted by Gasteiger charge is 2.07. The predicted octanol–water partition coefficient (Wildman–Crippen LogP) is 3.29. The lowest BCUT2D eigenvalue weighted by Gasteiger charge is -2.07. The molecule has 1 aromatic heterocycles. The predicted molar refractivity (Wildman–Crippen MR) is 82.5 cm³/mol. The van der Waals surface area contributed by atoms with Crippen LogP contribution in [0.5, 0.6) is 0 Å². The van der Waals surface area contributed by atoms with E-state index in [4.69, 9.17) is 17.3 Å². The molecule has 0 unspecified atom stereocenters. The Bertz CT molecular complexity index is 811. The maximum Gasteiger partial charge on any atom is 0.251 e. The second-order valence-corrected chi connectivity index (χ2v) is 4.98. The number of primary amides is 1. The molecule has 5 heteroatoms. The van der Waals surface area contributed by atoms with Gasteiger partial charge in [0.25, 0.3) is 5.91 Å². The van der Waals surface area contributed by atoms with Crippen molar-refractivity contribution in [2.75, 3.05) is 0 Å². The van der Waals surface area contributed by atoms with Gasteiger partial charge in [-0.15, -0.1) is 0 Å². The van der Waals surface area contributed by atoms with E-state index in [1.165, 1.54) is 6.20 Å². The van der Waals surface area contributed by atoms with Crippen molar-refractivity contribution in [3.05, 3.63) is 71.5 Å². The van der Waals surface area contributed by atoms with E-state index in [9.17, 15) is 4.79 Å². The Morgan fingerprint density at radius 3 is 2.67 bits per heavy atom.